The second kappa shape index (κ2) is 11.4. The highest BCUT2D eigenvalue weighted by Crippen LogP contribution is 2.28. The molecule has 164 valence electrons. The highest BCUT2D eigenvalue weighted by molar-refractivity contribution is 5.74. The maximum Gasteiger partial charge on any atom is 0.318 e. The van der Waals surface area contributed by atoms with Gasteiger partial charge in [-0.2, -0.15) is 0 Å². The van der Waals surface area contributed by atoms with Crippen LogP contribution in [0.15, 0.2) is 67.0 Å². The molecule has 2 aromatic carbocycles. The average Bonchev–Trinajstić information content (AvgIpc) is 2.82. The standard InChI is InChI=1S/C26H27N3O3/c1-4-14-32-25-15-21(11-12-24(25)31-3)17-28-26(30)29(18-22-9-7-13-27-16-22)19-23-10-6-5-8-20(23)2/h1,5-13,15-16H,14,17-19H2,2-3H3,(H,28,30). The number of aromatic nitrogens is 1. The number of nitrogens with zero attached hydrogens (tertiary/aromatic N) is 2. The van der Waals surface area contributed by atoms with Gasteiger partial charge in [-0.05, 0) is 47.4 Å². The van der Waals surface area contributed by atoms with Crippen molar-refractivity contribution in [1.82, 2.24) is 15.2 Å². The van der Waals surface area contributed by atoms with Crippen LogP contribution < -0.4 is 14.8 Å². The topological polar surface area (TPSA) is 63.7 Å². The lowest BCUT2D eigenvalue weighted by Gasteiger charge is -2.24. The van der Waals surface area contributed by atoms with Crippen LogP contribution in [0.1, 0.15) is 22.3 Å². The number of benzene rings is 2. The van der Waals surface area contributed by atoms with Crippen molar-refractivity contribution in [2.24, 2.45) is 0 Å². The number of methoxy groups -OCH3 is 1. The molecular weight excluding hydrogens is 402 g/mol. The Morgan fingerprint density at radius 3 is 2.66 bits per heavy atom. The molecule has 0 unspecified atom stereocenters. The van der Waals surface area contributed by atoms with Crippen molar-refractivity contribution in [1.29, 1.82) is 0 Å². The van der Waals surface area contributed by atoms with Crippen LogP contribution in [-0.4, -0.2) is 29.6 Å². The number of urea groups is 1. The molecule has 3 rings (SSSR count). The van der Waals surface area contributed by atoms with Crippen LogP contribution >= 0.6 is 0 Å². The number of hydrogen-bond acceptors (Lipinski definition) is 4. The predicted molar refractivity (Wildman–Crippen MR) is 124 cm³/mol. The minimum absolute atomic E-state index is 0.140. The molecule has 0 spiro atoms. The molecule has 0 radical (unpaired) electrons. The summed E-state index contributed by atoms with van der Waals surface area (Å²) in [6.07, 6.45) is 8.79. The van der Waals surface area contributed by atoms with Crippen LogP contribution in [0.25, 0.3) is 0 Å². The van der Waals surface area contributed by atoms with E-state index in [2.05, 4.69) is 16.2 Å². The molecule has 0 saturated carbocycles. The van der Waals surface area contributed by atoms with Gasteiger partial charge >= 0.3 is 6.03 Å². The molecule has 0 aliphatic carbocycles. The van der Waals surface area contributed by atoms with Gasteiger partial charge in [0.25, 0.3) is 0 Å². The molecule has 32 heavy (non-hydrogen) atoms. The third kappa shape index (κ3) is 6.26. The van der Waals surface area contributed by atoms with E-state index >= 15 is 0 Å². The molecular formula is C26H27N3O3. The van der Waals surface area contributed by atoms with Crippen LogP contribution in [0.4, 0.5) is 4.79 Å². The summed E-state index contributed by atoms with van der Waals surface area (Å²) in [4.78, 5) is 19.1. The van der Waals surface area contributed by atoms with Crippen molar-refractivity contribution in [3.8, 4) is 23.8 Å². The number of terminal acetylenes is 1. The Hall–Kier alpha value is -3.98. The van der Waals surface area contributed by atoms with E-state index < -0.39 is 0 Å². The lowest BCUT2D eigenvalue weighted by atomic mass is 10.1. The molecule has 0 bridgehead atoms. The van der Waals surface area contributed by atoms with Crippen molar-refractivity contribution in [2.45, 2.75) is 26.6 Å². The molecule has 0 aliphatic heterocycles. The van der Waals surface area contributed by atoms with Crippen LogP contribution in [0.2, 0.25) is 0 Å². The fraction of sp³-hybridized carbons (Fsp3) is 0.231. The second-order valence-electron chi connectivity index (χ2n) is 7.28. The van der Waals surface area contributed by atoms with Gasteiger partial charge in [0.15, 0.2) is 11.5 Å². The van der Waals surface area contributed by atoms with Crippen LogP contribution in [0.3, 0.4) is 0 Å². The van der Waals surface area contributed by atoms with Gasteiger partial charge in [0, 0.05) is 32.0 Å². The average molecular weight is 430 g/mol. The molecule has 0 atom stereocenters. The highest BCUT2D eigenvalue weighted by atomic mass is 16.5. The van der Waals surface area contributed by atoms with E-state index in [0.29, 0.717) is 31.1 Å². The Bertz CT molecular complexity index is 1080. The van der Waals surface area contributed by atoms with Gasteiger partial charge in [0.05, 0.1) is 7.11 Å². The summed E-state index contributed by atoms with van der Waals surface area (Å²) in [5.74, 6) is 3.58. The lowest BCUT2D eigenvalue weighted by Crippen LogP contribution is -2.39. The fourth-order valence-electron chi connectivity index (χ4n) is 3.26. The van der Waals surface area contributed by atoms with E-state index in [0.717, 1.165) is 22.3 Å². The van der Waals surface area contributed by atoms with E-state index in [4.69, 9.17) is 15.9 Å². The van der Waals surface area contributed by atoms with Gasteiger partial charge in [0.2, 0.25) is 0 Å². The lowest BCUT2D eigenvalue weighted by molar-refractivity contribution is 0.191. The Balaban J connectivity index is 1.73. The van der Waals surface area contributed by atoms with Crippen molar-refractivity contribution in [2.75, 3.05) is 13.7 Å². The molecule has 0 saturated heterocycles. The van der Waals surface area contributed by atoms with Crippen molar-refractivity contribution in [3.05, 3.63) is 89.2 Å². The van der Waals surface area contributed by atoms with E-state index in [1.54, 1.807) is 30.5 Å². The van der Waals surface area contributed by atoms with Crippen molar-refractivity contribution >= 4 is 6.03 Å². The first kappa shape index (κ1) is 22.7. The number of carbonyl (C=O) groups excluding carboxylic acids is 1. The number of carbonyl (C=O) groups is 1. The highest BCUT2D eigenvalue weighted by Gasteiger charge is 2.16. The normalized spacial score (nSPS) is 10.2. The molecule has 0 aliphatic rings. The van der Waals surface area contributed by atoms with E-state index in [-0.39, 0.29) is 12.6 Å². The van der Waals surface area contributed by atoms with Crippen molar-refractivity contribution < 1.29 is 14.3 Å². The monoisotopic (exact) mass is 429 g/mol. The van der Waals surface area contributed by atoms with Gasteiger partial charge in [-0.3, -0.25) is 4.98 Å². The van der Waals surface area contributed by atoms with E-state index in [9.17, 15) is 4.79 Å². The first-order chi connectivity index (χ1) is 15.6. The van der Waals surface area contributed by atoms with E-state index in [1.165, 1.54) is 0 Å². The van der Waals surface area contributed by atoms with Crippen LogP contribution in [0, 0.1) is 19.3 Å². The number of ether oxygens (including phenoxy) is 2. The third-order valence-electron chi connectivity index (χ3n) is 4.99. The van der Waals surface area contributed by atoms with Crippen LogP contribution in [0.5, 0.6) is 11.5 Å². The zero-order valence-electron chi connectivity index (χ0n) is 18.4. The van der Waals surface area contributed by atoms with Gasteiger partial charge in [0.1, 0.15) is 6.61 Å². The quantitative estimate of drug-likeness (QED) is 0.515. The molecule has 0 fully saturated rings. The number of rotatable bonds is 9. The van der Waals surface area contributed by atoms with Gasteiger partial charge < -0.3 is 19.7 Å². The SMILES string of the molecule is C#CCOc1cc(CNC(=O)N(Cc2cccnc2)Cc2ccccc2C)ccc1OC. The first-order valence-corrected chi connectivity index (χ1v) is 10.3. The smallest absolute Gasteiger partial charge is 0.318 e. The summed E-state index contributed by atoms with van der Waals surface area (Å²) in [7, 11) is 1.57. The number of aryl methyl sites for hydroxylation is 1. The van der Waals surface area contributed by atoms with Gasteiger partial charge in [-0.1, -0.05) is 42.3 Å². The Kier molecular flexibility index (Phi) is 8.10. The minimum atomic E-state index is -0.168. The number of pyridine rings is 1. The maximum absolute atomic E-state index is 13.1. The number of hydrogen-bond donors (Lipinski definition) is 1. The fourth-order valence-corrected chi connectivity index (χ4v) is 3.26. The second-order valence-corrected chi connectivity index (χ2v) is 7.28. The minimum Gasteiger partial charge on any atom is -0.493 e. The number of nitrogens with one attached hydrogen (secondary N) is 1. The summed E-state index contributed by atoms with van der Waals surface area (Å²) < 4.78 is 10.9. The Labute approximate surface area is 189 Å². The molecule has 1 heterocycles. The Morgan fingerprint density at radius 1 is 1.09 bits per heavy atom. The van der Waals surface area contributed by atoms with Crippen molar-refractivity contribution in [3.63, 3.8) is 0 Å². The molecule has 1 aromatic heterocycles. The molecule has 6 nitrogen and oxygen atoms in total. The molecule has 6 heteroatoms. The summed E-state index contributed by atoms with van der Waals surface area (Å²) in [6, 6.07) is 17.2. The zero-order chi connectivity index (χ0) is 22.8. The Morgan fingerprint density at radius 2 is 1.94 bits per heavy atom. The van der Waals surface area contributed by atoms with Crippen LogP contribution in [-0.2, 0) is 19.6 Å². The third-order valence-corrected chi connectivity index (χ3v) is 4.99. The first-order valence-electron chi connectivity index (χ1n) is 10.3. The summed E-state index contributed by atoms with van der Waals surface area (Å²) in [5, 5.41) is 3.01. The number of amides is 2. The maximum atomic E-state index is 13.1. The molecule has 2 amide bonds. The summed E-state index contributed by atoms with van der Waals surface area (Å²) >= 11 is 0. The van der Waals surface area contributed by atoms with E-state index in [1.807, 2.05) is 55.5 Å². The summed E-state index contributed by atoms with van der Waals surface area (Å²) in [5.41, 5.74) is 4.08. The zero-order valence-corrected chi connectivity index (χ0v) is 18.4. The predicted octanol–water partition coefficient (Wildman–Crippen LogP) is 4.32. The molecule has 3 aromatic rings. The van der Waals surface area contributed by atoms with Gasteiger partial charge in [-0.25, -0.2) is 4.79 Å². The summed E-state index contributed by atoms with van der Waals surface area (Å²) in [6.45, 7) is 3.47. The molecule has 1 N–H and O–H groups in total. The largest absolute Gasteiger partial charge is 0.493 e. The van der Waals surface area contributed by atoms with Gasteiger partial charge in [-0.15, -0.1) is 6.42 Å².